The van der Waals surface area contributed by atoms with Crippen molar-refractivity contribution in [3.8, 4) is 66.8 Å². The van der Waals surface area contributed by atoms with Crippen LogP contribution >= 0.6 is 0 Å². The Morgan fingerprint density at radius 1 is 0.365 bits per heavy atom. The molecule has 0 N–H and O–H groups in total. The molecule has 1 aliphatic heterocycles. The van der Waals surface area contributed by atoms with Crippen LogP contribution in [0.2, 0.25) is 0 Å². The second-order valence-electron chi connectivity index (χ2n) is 16.1. The van der Waals surface area contributed by atoms with Crippen molar-refractivity contribution in [2.45, 2.75) is 0 Å². The van der Waals surface area contributed by atoms with Gasteiger partial charge in [0.05, 0.1) is 0 Å². The lowest BCUT2D eigenvalue weighted by Gasteiger charge is -2.27. The number of allylic oxidation sites excluding steroid dienone is 4. The summed E-state index contributed by atoms with van der Waals surface area (Å²) in [6.45, 7) is 5.33. The number of hydrogen-bond acceptors (Lipinski definition) is 2. The topological polar surface area (TPSA) is 16.4 Å². The highest BCUT2D eigenvalue weighted by atomic mass is 16.3. The van der Waals surface area contributed by atoms with Crippen molar-refractivity contribution in [1.29, 1.82) is 0 Å². The van der Waals surface area contributed by atoms with Crippen molar-refractivity contribution in [2.75, 3.05) is 11.4 Å². The largest absolute Gasteiger partial charge is 0.455 e. The maximum atomic E-state index is 6.96. The third-order valence-electron chi connectivity index (χ3n) is 12.3. The Morgan fingerprint density at radius 2 is 0.841 bits per heavy atom. The highest BCUT2D eigenvalue weighted by Gasteiger charge is 2.20. The average Bonchev–Trinajstić information content (AvgIpc) is 3.78. The number of rotatable bonds is 7. The van der Waals surface area contributed by atoms with Crippen LogP contribution in [0.1, 0.15) is 5.56 Å². The number of furan rings is 1. The number of fused-ring (bicyclic) bond motifs is 4. The van der Waals surface area contributed by atoms with E-state index >= 15 is 0 Å². The summed E-state index contributed by atoms with van der Waals surface area (Å²) < 4.78 is 6.96. The molecule has 0 saturated carbocycles. The molecule has 0 spiro atoms. The van der Waals surface area contributed by atoms with Gasteiger partial charge in [0, 0.05) is 45.4 Å². The van der Waals surface area contributed by atoms with Crippen LogP contribution in [0.4, 0.5) is 11.4 Å². The zero-order valence-electron chi connectivity index (χ0n) is 34.8. The highest BCUT2D eigenvalue weighted by Crippen LogP contribution is 2.43. The summed E-state index contributed by atoms with van der Waals surface area (Å²) in [6, 6.07) is 76.2. The predicted octanol–water partition coefficient (Wildman–Crippen LogP) is 16.9. The molecular formula is C61H43NO. The van der Waals surface area contributed by atoms with Crippen molar-refractivity contribution >= 4 is 38.9 Å². The minimum absolute atomic E-state index is 0.723. The lowest BCUT2D eigenvalue weighted by Crippen LogP contribution is -2.18. The fourth-order valence-electron chi connectivity index (χ4n) is 9.02. The van der Waals surface area contributed by atoms with E-state index in [1.165, 1.54) is 22.3 Å². The summed E-state index contributed by atoms with van der Waals surface area (Å²) in [4.78, 5) is 2.38. The van der Waals surface area contributed by atoms with E-state index in [4.69, 9.17) is 4.42 Å². The van der Waals surface area contributed by atoms with Gasteiger partial charge in [-0.15, -0.1) is 0 Å². The van der Waals surface area contributed by atoms with E-state index in [1.807, 2.05) is 0 Å². The summed E-state index contributed by atoms with van der Waals surface area (Å²) in [5.74, 6) is 0. The molecule has 0 fully saturated rings. The molecule has 2 heterocycles. The molecule has 9 aromatic carbocycles. The maximum Gasteiger partial charge on any atom is 0.143 e. The van der Waals surface area contributed by atoms with Crippen LogP contribution in [0, 0.1) is 0 Å². The summed E-state index contributed by atoms with van der Waals surface area (Å²) in [5.41, 5.74) is 19.7. The molecule has 0 saturated heterocycles. The number of benzene rings is 9. The summed E-state index contributed by atoms with van der Waals surface area (Å²) >= 11 is 0. The Hall–Kier alpha value is -8.20. The fourth-order valence-corrected chi connectivity index (χ4v) is 9.02. The molecule has 63 heavy (non-hydrogen) atoms. The van der Waals surface area contributed by atoms with Crippen LogP contribution in [0.15, 0.2) is 248 Å². The van der Waals surface area contributed by atoms with Crippen molar-refractivity contribution in [1.82, 2.24) is 0 Å². The van der Waals surface area contributed by atoms with E-state index in [0.29, 0.717) is 0 Å². The molecule has 0 atom stereocenters. The van der Waals surface area contributed by atoms with Gasteiger partial charge in [0.2, 0.25) is 0 Å². The number of nitrogens with zero attached hydrogens (tertiary/aromatic N) is 1. The minimum Gasteiger partial charge on any atom is -0.455 e. The molecule has 1 aromatic heterocycles. The Morgan fingerprint density at radius 3 is 1.44 bits per heavy atom. The standard InChI is InChI=1S/C61H43NO/c1-42-16-6-5-13-37-62(53-34-31-46(32-35-53)44-19-9-3-10-20-44)59-36-33-49(41-58(42)59)51-38-50(47-29-27-45(28-30-47)43-17-7-2-8-18-43)39-52(40-51)55-24-15-26-57-56-25-14-23-54(60(56)63-61(55)57)48-21-11-4-12-22-48/h2-36,38-41H,1,37H2/b13-5-,16-6-. The number of anilines is 2. The monoisotopic (exact) mass is 805 g/mol. The van der Waals surface area contributed by atoms with E-state index in [9.17, 15) is 0 Å². The van der Waals surface area contributed by atoms with Crippen molar-refractivity contribution in [2.24, 2.45) is 0 Å². The van der Waals surface area contributed by atoms with Gasteiger partial charge in [-0.3, -0.25) is 0 Å². The number of hydrogen-bond donors (Lipinski definition) is 0. The molecule has 2 heteroatoms. The van der Waals surface area contributed by atoms with Crippen molar-refractivity contribution in [3.63, 3.8) is 0 Å². The molecule has 2 nitrogen and oxygen atoms in total. The molecule has 298 valence electrons. The molecule has 0 radical (unpaired) electrons. The second-order valence-corrected chi connectivity index (χ2v) is 16.1. The van der Waals surface area contributed by atoms with Gasteiger partial charge in [-0.05, 0) is 104 Å². The first-order chi connectivity index (χ1) is 31.1. The smallest absolute Gasteiger partial charge is 0.143 e. The molecule has 0 bridgehead atoms. The first kappa shape index (κ1) is 37.8. The van der Waals surface area contributed by atoms with Gasteiger partial charge in [-0.2, -0.15) is 0 Å². The first-order valence-corrected chi connectivity index (χ1v) is 21.6. The summed E-state index contributed by atoms with van der Waals surface area (Å²) in [5, 5.41) is 2.21. The molecule has 11 rings (SSSR count). The van der Waals surface area contributed by atoms with E-state index in [1.54, 1.807) is 0 Å². The van der Waals surface area contributed by atoms with E-state index in [2.05, 4.69) is 248 Å². The van der Waals surface area contributed by atoms with E-state index in [-0.39, 0.29) is 0 Å². The fraction of sp³-hybridized carbons (Fsp3) is 0.0164. The normalized spacial score (nSPS) is 13.6. The third kappa shape index (κ3) is 7.28. The lowest BCUT2D eigenvalue weighted by molar-refractivity contribution is 0.671. The summed E-state index contributed by atoms with van der Waals surface area (Å²) in [6.07, 6.45) is 8.53. The Bertz CT molecular complexity index is 3340. The van der Waals surface area contributed by atoms with Crippen LogP contribution < -0.4 is 4.90 Å². The maximum absolute atomic E-state index is 6.96. The second kappa shape index (κ2) is 16.3. The first-order valence-electron chi connectivity index (χ1n) is 21.6. The Balaban J connectivity index is 1.06. The van der Waals surface area contributed by atoms with Crippen LogP contribution in [0.3, 0.4) is 0 Å². The van der Waals surface area contributed by atoms with Gasteiger partial charge in [0.15, 0.2) is 0 Å². The SMILES string of the molecule is C=C1/C=C\C=C/CN(c2ccc(-c3ccccc3)cc2)c2ccc(-c3cc(-c4ccc(-c5ccccc5)cc4)cc(-c4cccc5c4oc4c(-c6ccccc6)cccc45)c3)cc21. The van der Waals surface area contributed by atoms with Crippen LogP contribution in [-0.4, -0.2) is 6.54 Å². The molecule has 0 amide bonds. The minimum atomic E-state index is 0.723. The van der Waals surface area contributed by atoms with Gasteiger partial charge in [0.1, 0.15) is 11.2 Å². The third-order valence-corrected chi connectivity index (χ3v) is 12.3. The van der Waals surface area contributed by atoms with Gasteiger partial charge in [-0.25, -0.2) is 0 Å². The van der Waals surface area contributed by atoms with Gasteiger partial charge < -0.3 is 9.32 Å². The zero-order valence-corrected chi connectivity index (χ0v) is 34.8. The molecule has 1 aliphatic rings. The van der Waals surface area contributed by atoms with Gasteiger partial charge in [0.25, 0.3) is 0 Å². The lowest BCUT2D eigenvalue weighted by atomic mass is 9.90. The average molecular weight is 806 g/mol. The molecule has 10 aromatic rings. The van der Waals surface area contributed by atoms with Crippen LogP contribution in [0.5, 0.6) is 0 Å². The van der Waals surface area contributed by atoms with Crippen LogP contribution in [0.25, 0.3) is 94.3 Å². The Kier molecular flexibility index (Phi) is 9.80. The molecular weight excluding hydrogens is 763 g/mol. The van der Waals surface area contributed by atoms with E-state index < -0.39 is 0 Å². The molecule has 0 unspecified atom stereocenters. The number of para-hydroxylation sites is 2. The quantitative estimate of drug-likeness (QED) is 0.160. The van der Waals surface area contributed by atoms with Crippen LogP contribution in [-0.2, 0) is 0 Å². The summed E-state index contributed by atoms with van der Waals surface area (Å²) in [7, 11) is 0. The predicted molar refractivity (Wildman–Crippen MR) is 267 cm³/mol. The van der Waals surface area contributed by atoms with Crippen molar-refractivity contribution < 1.29 is 4.42 Å². The highest BCUT2D eigenvalue weighted by molar-refractivity contribution is 6.13. The Labute approximate surface area is 368 Å². The van der Waals surface area contributed by atoms with Crippen molar-refractivity contribution in [3.05, 3.63) is 249 Å². The zero-order chi connectivity index (χ0) is 42.1. The van der Waals surface area contributed by atoms with Gasteiger partial charge >= 0.3 is 0 Å². The molecule has 0 aliphatic carbocycles. The van der Waals surface area contributed by atoms with Gasteiger partial charge in [-0.1, -0.05) is 201 Å². The van der Waals surface area contributed by atoms with E-state index in [0.717, 1.165) is 95.5 Å².